The Hall–Kier alpha value is -3.99. The summed E-state index contributed by atoms with van der Waals surface area (Å²) in [6.45, 7) is 3.99. The van der Waals surface area contributed by atoms with E-state index >= 15 is 0 Å². The molecule has 1 aliphatic carbocycles. The molecule has 1 aliphatic rings. The zero-order chi connectivity index (χ0) is 26.0. The number of rotatable bonds is 6. The van der Waals surface area contributed by atoms with Crippen molar-refractivity contribution in [2.45, 2.75) is 45.1 Å². The summed E-state index contributed by atoms with van der Waals surface area (Å²) in [6, 6.07) is 22.1. The number of fused-ring (bicyclic) bond motifs is 1. The summed E-state index contributed by atoms with van der Waals surface area (Å²) in [4.78, 5) is 14.6. The quantitative estimate of drug-likeness (QED) is 0.274. The van der Waals surface area contributed by atoms with Gasteiger partial charge in [-0.15, -0.1) is 11.3 Å². The van der Waals surface area contributed by atoms with Crippen molar-refractivity contribution in [2.75, 3.05) is 0 Å². The summed E-state index contributed by atoms with van der Waals surface area (Å²) >= 11 is 1.70. The molecule has 37 heavy (non-hydrogen) atoms. The van der Waals surface area contributed by atoms with E-state index < -0.39 is 11.5 Å². The fraction of sp³-hybridized carbons (Fsp3) is 0.233. The Morgan fingerprint density at radius 2 is 1.70 bits per heavy atom. The average molecular weight is 509 g/mol. The number of hydrogen-bond donors (Lipinski definition) is 2. The van der Waals surface area contributed by atoms with Crippen LogP contribution in [0.25, 0.3) is 5.00 Å². The topological polar surface area (TPSA) is 90.4 Å². The highest BCUT2D eigenvalue weighted by Gasteiger charge is 2.39. The molecule has 0 fully saturated rings. The van der Waals surface area contributed by atoms with Gasteiger partial charge in [0.2, 0.25) is 0 Å². The number of carbonyl (C=O) groups excluding carboxylic acids is 1. The van der Waals surface area contributed by atoms with Crippen molar-refractivity contribution in [3.8, 4) is 11.1 Å². The SMILES string of the molecule is Cc1cc(/C=N/NC(=O)C(O)(c2ccccc2)c2ccccc2)c(C)n1-c1sc2c(c1C#N)CCCC2. The van der Waals surface area contributed by atoms with Crippen LogP contribution in [-0.2, 0) is 23.2 Å². The first-order chi connectivity index (χ1) is 17.9. The Bertz CT molecular complexity index is 1470. The third-order valence-electron chi connectivity index (χ3n) is 7.02. The lowest BCUT2D eigenvalue weighted by Gasteiger charge is -2.27. The minimum Gasteiger partial charge on any atom is -0.372 e. The molecule has 1 amide bonds. The van der Waals surface area contributed by atoms with E-state index in [9.17, 15) is 15.2 Å². The van der Waals surface area contributed by atoms with Gasteiger partial charge >= 0.3 is 0 Å². The maximum atomic E-state index is 13.3. The molecule has 2 heterocycles. The first kappa shape index (κ1) is 24.7. The number of thiophene rings is 1. The first-order valence-electron chi connectivity index (χ1n) is 12.4. The van der Waals surface area contributed by atoms with Gasteiger partial charge in [-0.3, -0.25) is 4.79 Å². The summed E-state index contributed by atoms with van der Waals surface area (Å²) in [7, 11) is 0. The van der Waals surface area contributed by atoms with Gasteiger partial charge in [0, 0.05) is 21.8 Å². The van der Waals surface area contributed by atoms with Crippen LogP contribution < -0.4 is 5.43 Å². The molecule has 0 saturated heterocycles. The number of nitriles is 1. The minimum absolute atomic E-state index is 0.456. The second kappa shape index (κ2) is 10.2. The van der Waals surface area contributed by atoms with Crippen molar-refractivity contribution < 1.29 is 9.90 Å². The van der Waals surface area contributed by atoms with Gasteiger partial charge in [-0.25, -0.2) is 5.43 Å². The smallest absolute Gasteiger partial charge is 0.281 e. The normalized spacial score (nSPS) is 13.4. The average Bonchev–Trinajstić information content (AvgIpc) is 3.44. The van der Waals surface area contributed by atoms with Crippen molar-refractivity contribution in [1.82, 2.24) is 9.99 Å². The standard InChI is InChI=1S/C30H28N4O2S/c1-20-17-22(21(2)34(20)28-26(18-31)25-15-9-10-16-27(25)37-28)19-32-33-29(35)30(36,23-11-5-3-6-12-23)24-13-7-4-8-14-24/h3-8,11-14,17,19,36H,9-10,15-16H2,1-2H3,(H,33,35)/b32-19+. The third-order valence-corrected chi connectivity index (χ3v) is 8.30. The van der Waals surface area contributed by atoms with E-state index in [1.165, 1.54) is 10.4 Å². The molecule has 186 valence electrons. The Morgan fingerprint density at radius 3 is 2.32 bits per heavy atom. The number of hydrogen-bond acceptors (Lipinski definition) is 5. The minimum atomic E-state index is -1.89. The number of nitrogens with one attached hydrogen (secondary N) is 1. The van der Waals surface area contributed by atoms with Gasteiger partial charge in [0.15, 0.2) is 5.60 Å². The van der Waals surface area contributed by atoms with E-state index in [1.54, 1.807) is 66.1 Å². The van der Waals surface area contributed by atoms with Crippen LogP contribution in [0.1, 0.15) is 56.9 Å². The Balaban J connectivity index is 1.44. The summed E-state index contributed by atoms with van der Waals surface area (Å²) in [6.07, 6.45) is 5.86. The molecule has 0 spiro atoms. The van der Waals surface area contributed by atoms with Crippen LogP contribution in [0.3, 0.4) is 0 Å². The van der Waals surface area contributed by atoms with Crippen LogP contribution in [0, 0.1) is 25.2 Å². The number of amides is 1. The zero-order valence-corrected chi connectivity index (χ0v) is 21.7. The second-order valence-corrected chi connectivity index (χ2v) is 10.4. The van der Waals surface area contributed by atoms with E-state index in [4.69, 9.17) is 0 Å². The van der Waals surface area contributed by atoms with Crippen molar-refractivity contribution in [1.29, 1.82) is 5.26 Å². The highest BCUT2D eigenvalue weighted by molar-refractivity contribution is 7.15. The molecule has 0 aliphatic heterocycles. The van der Waals surface area contributed by atoms with Gasteiger partial charge in [0.25, 0.3) is 5.91 Å². The lowest BCUT2D eigenvalue weighted by Crippen LogP contribution is -2.43. The van der Waals surface area contributed by atoms with E-state index in [-0.39, 0.29) is 0 Å². The largest absolute Gasteiger partial charge is 0.372 e. The van der Waals surface area contributed by atoms with Crippen molar-refractivity contribution in [3.63, 3.8) is 0 Å². The van der Waals surface area contributed by atoms with Crippen molar-refractivity contribution in [3.05, 3.63) is 111 Å². The molecule has 6 nitrogen and oxygen atoms in total. The molecule has 2 aromatic heterocycles. The summed E-state index contributed by atoms with van der Waals surface area (Å²) in [5.74, 6) is -0.646. The van der Waals surface area contributed by atoms with Gasteiger partial charge < -0.3 is 9.67 Å². The Labute approximate surface area is 220 Å². The number of hydrazone groups is 1. The van der Waals surface area contributed by atoms with Crippen LogP contribution in [0.5, 0.6) is 0 Å². The summed E-state index contributed by atoms with van der Waals surface area (Å²) in [5.41, 5.74) is 6.30. The third kappa shape index (κ3) is 4.39. The van der Waals surface area contributed by atoms with E-state index in [0.717, 1.165) is 53.2 Å². The summed E-state index contributed by atoms with van der Waals surface area (Å²) < 4.78 is 2.11. The van der Waals surface area contributed by atoms with Crippen LogP contribution in [-0.4, -0.2) is 21.8 Å². The molecule has 0 radical (unpaired) electrons. The van der Waals surface area contributed by atoms with E-state index in [2.05, 4.69) is 21.2 Å². The number of nitrogens with zero attached hydrogens (tertiary/aromatic N) is 3. The monoisotopic (exact) mass is 508 g/mol. The van der Waals surface area contributed by atoms with Gasteiger partial charge in [-0.05, 0) is 62.3 Å². The molecule has 2 aromatic carbocycles. The molecule has 5 rings (SSSR count). The first-order valence-corrected chi connectivity index (χ1v) is 13.2. The predicted molar refractivity (Wildman–Crippen MR) is 146 cm³/mol. The van der Waals surface area contributed by atoms with Gasteiger partial charge in [-0.2, -0.15) is 10.4 Å². The van der Waals surface area contributed by atoms with Crippen LogP contribution in [0.4, 0.5) is 0 Å². The second-order valence-electron chi connectivity index (χ2n) is 9.31. The molecule has 0 bridgehead atoms. The molecular weight excluding hydrogens is 480 g/mol. The number of aryl methyl sites for hydroxylation is 2. The Kier molecular flexibility index (Phi) is 6.79. The molecular formula is C30H28N4O2S. The highest BCUT2D eigenvalue weighted by atomic mass is 32.1. The lowest BCUT2D eigenvalue weighted by atomic mass is 9.85. The zero-order valence-electron chi connectivity index (χ0n) is 20.9. The molecule has 7 heteroatoms. The number of carbonyl (C=O) groups is 1. The van der Waals surface area contributed by atoms with Crippen LogP contribution in [0.2, 0.25) is 0 Å². The van der Waals surface area contributed by atoms with Crippen LogP contribution in [0.15, 0.2) is 71.8 Å². The van der Waals surface area contributed by atoms with Crippen molar-refractivity contribution in [2.24, 2.45) is 5.10 Å². The molecule has 0 atom stereocenters. The maximum Gasteiger partial charge on any atom is 0.281 e. The van der Waals surface area contributed by atoms with Gasteiger partial charge in [-0.1, -0.05) is 60.7 Å². The molecule has 4 aromatic rings. The summed E-state index contributed by atoms with van der Waals surface area (Å²) in [5, 5.41) is 26.7. The predicted octanol–water partition coefficient (Wildman–Crippen LogP) is 5.29. The van der Waals surface area contributed by atoms with E-state index in [0.29, 0.717) is 11.1 Å². The Morgan fingerprint density at radius 1 is 1.08 bits per heavy atom. The van der Waals surface area contributed by atoms with Crippen molar-refractivity contribution >= 4 is 23.5 Å². The van der Waals surface area contributed by atoms with Gasteiger partial charge in [0.1, 0.15) is 11.1 Å². The number of aromatic nitrogens is 1. The number of aliphatic hydroxyl groups is 1. The van der Waals surface area contributed by atoms with Gasteiger partial charge in [0.05, 0.1) is 11.8 Å². The molecule has 2 N–H and O–H groups in total. The van der Waals surface area contributed by atoms with E-state index in [1.807, 2.05) is 32.0 Å². The lowest BCUT2D eigenvalue weighted by molar-refractivity contribution is -0.136. The fourth-order valence-electron chi connectivity index (χ4n) is 5.08. The maximum absolute atomic E-state index is 13.3. The molecule has 0 saturated carbocycles. The highest BCUT2D eigenvalue weighted by Crippen LogP contribution is 2.38. The molecule has 0 unspecified atom stereocenters. The number of benzene rings is 2. The van der Waals surface area contributed by atoms with Crippen LogP contribution >= 0.6 is 11.3 Å². The fourth-order valence-corrected chi connectivity index (χ4v) is 6.53.